The number of ketones is 1. The van der Waals surface area contributed by atoms with Crippen molar-refractivity contribution < 1.29 is 14.7 Å². The Hall–Kier alpha value is -1.31. The molecule has 7 heteroatoms. The highest BCUT2D eigenvalue weighted by Gasteiger charge is 2.21. The van der Waals surface area contributed by atoms with Crippen LogP contribution in [0.25, 0.3) is 0 Å². The number of carboxylic acids is 1. The zero-order valence-electron chi connectivity index (χ0n) is 10.1. The first-order valence-electron chi connectivity index (χ1n) is 5.75. The molecule has 0 bridgehead atoms. The summed E-state index contributed by atoms with van der Waals surface area (Å²) in [5.41, 5.74) is -0.113. The van der Waals surface area contributed by atoms with Gasteiger partial charge >= 0.3 is 5.97 Å². The summed E-state index contributed by atoms with van der Waals surface area (Å²) in [5.74, 6) is -1.38. The summed E-state index contributed by atoms with van der Waals surface area (Å²) in [6.07, 6.45) is 0. The lowest BCUT2D eigenvalue weighted by atomic mass is 10.3. The number of Topliss-reactive ketones (excluding diaryl/α,β-unsaturated/α-hetero) is 1. The van der Waals surface area contributed by atoms with E-state index in [1.165, 1.54) is 18.3 Å². The number of rotatable bonds is 4. The Kier molecular flexibility index (Phi) is 4.05. The topological polar surface area (TPSA) is 82.5 Å². The van der Waals surface area contributed by atoms with Crippen molar-refractivity contribution in [1.82, 2.24) is 15.2 Å². The minimum atomic E-state index is -1.14. The predicted octanol–water partition coefficient (Wildman–Crippen LogP) is 0.449. The summed E-state index contributed by atoms with van der Waals surface area (Å²) in [6.45, 7) is 5.66. The monoisotopic (exact) mass is 269 g/mol. The second-order valence-electron chi connectivity index (χ2n) is 4.17. The number of nitrogens with zero attached hydrogens (tertiary/aromatic N) is 2. The van der Waals surface area contributed by atoms with Gasteiger partial charge in [0.2, 0.25) is 0 Å². The molecular formula is C11H15N3O3S. The van der Waals surface area contributed by atoms with Crippen molar-refractivity contribution in [3.63, 3.8) is 0 Å². The maximum atomic E-state index is 11.4. The zero-order valence-corrected chi connectivity index (χ0v) is 10.9. The largest absolute Gasteiger partial charge is 0.476 e. The van der Waals surface area contributed by atoms with Gasteiger partial charge in [0, 0.05) is 33.1 Å². The molecule has 1 fully saturated rings. The van der Waals surface area contributed by atoms with Crippen LogP contribution in [0.4, 0.5) is 0 Å². The summed E-state index contributed by atoms with van der Waals surface area (Å²) in [7, 11) is 0. The van der Waals surface area contributed by atoms with Crippen LogP contribution in [-0.2, 0) is 6.54 Å². The number of hydrogen-bond donors (Lipinski definition) is 2. The fourth-order valence-electron chi connectivity index (χ4n) is 1.88. The third kappa shape index (κ3) is 2.92. The minimum Gasteiger partial charge on any atom is -0.476 e. The molecule has 0 amide bonds. The quantitative estimate of drug-likeness (QED) is 0.772. The highest BCUT2D eigenvalue weighted by molar-refractivity contribution is 7.14. The van der Waals surface area contributed by atoms with Crippen LogP contribution in [0.5, 0.6) is 0 Å². The Morgan fingerprint density at radius 3 is 2.61 bits per heavy atom. The number of aromatic carboxylic acids is 1. The molecule has 18 heavy (non-hydrogen) atoms. The van der Waals surface area contributed by atoms with Crippen molar-refractivity contribution in [2.24, 2.45) is 0 Å². The maximum absolute atomic E-state index is 11.4. The van der Waals surface area contributed by atoms with Crippen molar-refractivity contribution in [3.05, 3.63) is 15.6 Å². The van der Waals surface area contributed by atoms with Crippen molar-refractivity contribution in [2.75, 3.05) is 26.2 Å². The lowest BCUT2D eigenvalue weighted by Crippen LogP contribution is -2.42. The van der Waals surface area contributed by atoms with Gasteiger partial charge < -0.3 is 10.4 Å². The van der Waals surface area contributed by atoms with Crippen LogP contribution in [0, 0.1) is 0 Å². The smallest absolute Gasteiger partial charge is 0.356 e. The molecule has 0 unspecified atom stereocenters. The lowest BCUT2D eigenvalue weighted by molar-refractivity contribution is 0.0686. The Labute approximate surface area is 109 Å². The van der Waals surface area contributed by atoms with Crippen molar-refractivity contribution >= 4 is 23.1 Å². The highest BCUT2D eigenvalue weighted by Crippen LogP contribution is 2.21. The standard InChI is InChI=1S/C11H15N3O3S/c1-7(15)10-9(11(16)17)13-8(18-10)6-14-4-2-12-3-5-14/h12H,2-6H2,1H3,(H,16,17). The molecule has 1 saturated heterocycles. The van der Waals surface area contributed by atoms with E-state index < -0.39 is 5.97 Å². The maximum Gasteiger partial charge on any atom is 0.356 e. The van der Waals surface area contributed by atoms with E-state index in [1.807, 2.05) is 0 Å². The molecule has 0 saturated carbocycles. The SMILES string of the molecule is CC(=O)c1sc(CN2CCNCC2)nc1C(=O)O. The molecule has 1 aliphatic rings. The van der Waals surface area contributed by atoms with Gasteiger partial charge in [-0.3, -0.25) is 9.69 Å². The molecule has 2 N–H and O–H groups in total. The van der Waals surface area contributed by atoms with Gasteiger partial charge in [-0.2, -0.15) is 0 Å². The van der Waals surface area contributed by atoms with Gasteiger partial charge in [-0.1, -0.05) is 0 Å². The first kappa shape index (κ1) is 13.1. The molecule has 1 aromatic heterocycles. The van der Waals surface area contributed by atoms with Gasteiger partial charge in [-0.05, 0) is 0 Å². The number of thiazole rings is 1. The number of aromatic nitrogens is 1. The van der Waals surface area contributed by atoms with Gasteiger partial charge in [0.05, 0.1) is 6.54 Å². The average Bonchev–Trinajstić information content (AvgIpc) is 2.74. The number of nitrogens with one attached hydrogen (secondary N) is 1. The molecule has 0 spiro atoms. The van der Waals surface area contributed by atoms with Crippen LogP contribution in [0.1, 0.15) is 32.1 Å². The van der Waals surface area contributed by atoms with E-state index in [4.69, 9.17) is 5.11 Å². The van der Waals surface area contributed by atoms with E-state index in [-0.39, 0.29) is 16.4 Å². The number of carboxylic acid groups (broad SMARTS) is 1. The molecule has 0 atom stereocenters. The summed E-state index contributed by atoms with van der Waals surface area (Å²) in [4.78, 5) is 28.9. The van der Waals surface area contributed by atoms with Crippen LogP contribution >= 0.6 is 11.3 Å². The first-order chi connectivity index (χ1) is 8.58. The normalized spacial score (nSPS) is 16.7. The summed E-state index contributed by atoms with van der Waals surface area (Å²) in [5, 5.41) is 12.9. The third-order valence-corrected chi connectivity index (χ3v) is 3.90. The van der Waals surface area contributed by atoms with Crippen LogP contribution in [0.15, 0.2) is 0 Å². The average molecular weight is 269 g/mol. The van der Waals surface area contributed by atoms with E-state index in [1.54, 1.807) is 0 Å². The summed E-state index contributed by atoms with van der Waals surface area (Å²) >= 11 is 1.19. The van der Waals surface area contributed by atoms with Gasteiger partial charge in [-0.15, -0.1) is 11.3 Å². The molecule has 1 aliphatic heterocycles. The number of carbonyl (C=O) groups is 2. The fraction of sp³-hybridized carbons (Fsp3) is 0.545. The van der Waals surface area contributed by atoms with E-state index in [9.17, 15) is 9.59 Å². The predicted molar refractivity (Wildman–Crippen MR) is 67.2 cm³/mol. The van der Waals surface area contributed by atoms with E-state index in [0.29, 0.717) is 11.6 Å². The Morgan fingerprint density at radius 2 is 2.11 bits per heavy atom. The fourth-order valence-corrected chi connectivity index (χ4v) is 2.87. The molecule has 6 nitrogen and oxygen atoms in total. The van der Waals surface area contributed by atoms with E-state index in [2.05, 4.69) is 15.2 Å². The van der Waals surface area contributed by atoms with Gasteiger partial charge in [0.15, 0.2) is 11.5 Å². The van der Waals surface area contributed by atoms with E-state index in [0.717, 1.165) is 26.2 Å². The van der Waals surface area contributed by atoms with Crippen LogP contribution < -0.4 is 5.32 Å². The molecule has 0 aromatic carbocycles. The first-order valence-corrected chi connectivity index (χ1v) is 6.56. The van der Waals surface area contributed by atoms with Crippen LogP contribution in [0.2, 0.25) is 0 Å². The highest BCUT2D eigenvalue weighted by atomic mass is 32.1. The second kappa shape index (κ2) is 5.55. The molecule has 2 rings (SSSR count). The second-order valence-corrected chi connectivity index (χ2v) is 5.26. The van der Waals surface area contributed by atoms with E-state index >= 15 is 0 Å². The Balaban J connectivity index is 2.15. The summed E-state index contributed by atoms with van der Waals surface area (Å²) < 4.78 is 0. The molecular weight excluding hydrogens is 254 g/mol. The lowest BCUT2D eigenvalue weighted by Gasteiger charge is -2.26. The van der Waals surface area contributed by atoms with Crippen molar-refractivity contribution in [3.8, 4) is 0 Å². The van der Waals surface area contributed by atoms with Gasteiger partial charge in [-0.25, -0.2) is 9.78 Å². The Bertz CT molecular complexity index is 435. The molecule has 0 aliphatic carbocycles. The number of piperazine rings is 1. The Morgan fingerprint density at radius 1 is 1.44 bits per heavy atom. The third-order valence-electron chi connectivity index (χ3n) is 2.76. The number of carbonyl (C=O) groups excluding carboxylic acids is 1. The number of hydrogen-bond acceptors (Lipinski definition) is 6. The van der Waals surface area contributed by atoms with Gasteiger partial charge in [0.25, 0.3) is 0 Å². The van der Waals surface area contributed by atoms with Crippen LogP contribution in [0.3, 0.4) is 0 Å². The minimum absolute atomic E-state index is 0.113. The summed E-state index contributed by atoms with van der Waals surface area (Å²) in [6, 6.07) is 0. The molecule has 98 valence electrons. The zero-order chi connectivity index (χ0) is 13.1. The molecule has 2 heterocycles. The van der Waals surface area contributed by atoms with Crippen molar-refractivity contribution in [2.45, 2.75) is 13.5 Å². The molecule has 1 aromatic rings. The van der Waals surface area contributed by atoms with Gasteiger partial charge in [0.1, 0.15) is 9.88 Å². The molecule has 0 radical (unpaired) electrons. The van der Waals surface area contributed by atoms with Crippen molar-refractivity contribution in [1.29, 1.82) is 0 Å². The van der Waals surface area contributed by atoms with Crippen LogP contribution in [-0.4, -0.2) is 52.9 Å².